The van der Waals surface area contributed by atoms with Crippen LogP contribution in [-0.4, -0.2) is 70.7 Å². The van der Waals surface area contributed by atoms with Gasteiger partial charge in [0.15, 0.2) is 44.5 Å². The lowest BCUT2D eigenvalue weighted by atomic mass is 9.64. The number of carbonyl (C=O) groups excluding carboxylic acids is 2. The van der Waals surface area contributed by atoms with Crippen LogP contribution in [0.5, 0.6) is 23.0 Å². The number of fused-ring (bicyclic) bond motifs is 5. The van der Waals surface area contributed by atoms with E-state index in [0.717, 1.165) is 9.36 Å². The summed E-state index contributed by atoms with van der Waals surface area (Å²) >= 11 is 14.0. The highest BCUT2D eigenvalue weighted by Crippen LogP contribution is 2.65. The summed E-state index contributed by atoms with van der Waals surface area (Å²) in [6, 6.07) is 3.15. The molecule has 4 heterocycles. The monoisotopic (exact) mass is 932 g/mol. The van der Waals surface area contributed by atoms with Gasteiger partial charge in [-0.05, 0) is 23.8 Å². The van der Waals surface area contributed by atoms with Crippen molar-refractivity contribution in [2.75, 3.05) is 19.1 Å². The van der Waals surface area contributed by atoms with E-state index >= 15 is 8.78 Å². The van der Waals surface area contributed by atoms with Crippen molar-refractivity contribution < 1.29 is 64.0 Å². The minimum absolute atomic E-state index is 0.111. The van der Waals surface area contributed by atoms with Gasteiger partial charge in [-0.25, -0.2) is 55.4 Å². The van der Waals surface area contributed by atoms with Gasteiger partial charge in [-0.15, -0.1) is 36.4 Å². The SMILES string of the molecule is COc1cc2nc(CCn3c(=O)n4n(c3=O)[C@@H]3C[C@@]5(Cl)C(=O)N(c6c(F)c(F)c(F)c(F)c6F)C(=O)[C@@]5(Cl)[C@@H](c5cc(OC(F)(F)F)ccc5O)C3=CC4)c(=O)n(C)c2cc1OC. The second kappa shape index (κ2) is 14.6. The molecule has 4 atom stereocenters. The van der Waals surface area contributed by atoms with Crippen LogP contribution in [-0.2, 0) is 36.1 Å². The summed E-state index contributed by atoms with van der Waals surface area (Å²) in [5, 5.41) is 11.1. The molecule has 63 heavy (non-hydrogen) atoms. The fraction of sp³-hybridized carbons (Fsp3) is 0.316. The number of anilines is 1. The zero-order chi connectivity index (χ0) is 46.0. The molecule has 3 aliphatic rings. The van der Waals surface area contributed by atoms with Gasteiger partial charge in [0, 0.05) is 50.0 Å². The Morgan fingerprint density at radius 2 is 1.49 bits per heavy atom. The quantitative estimate of drug-likeness (QED) is 0.0569. The topological polar surface area (TPSA) is 169 Å². The third kappa shape index (κ3) is 6.13. The number of phenols is 1. The normalized spacial score (nSPS) is 21.9. The molecule has 1 aliphatic carbocycles. The molecule has 332 valence electrons. The van der Waals surface area contributed by atoms with Crippen molar-refractivity contribution in [2.24, 2.45) is 7.05 Å². The van der Waals surface area contributed by atoms with E-state index < -0.39 is 133 Å². The number of halogens is 10. The molecule has 25 heteroatoms. The molecule has 0 unspecified atom stereocenters. The Hall–Kier alpha value is -6.36. The highest BCUT2D eigenvalue weighted by Gasteiger charge is 2.76. The number of phenolic OH excluding ortho intramolecular Hbond substituents is 1. The minimum Gasteiger partial charge on any atom is -0.508 e. The molecule has 2 aliphatic heterocycles. The fourth-order valence-electron chi connectivity index (χ4n) is 8.46. The molecule has 0 radical (unpaired) electrons. The predicted octanol–water partition coefficient (Wildman–Crippen LogP) is 4.82. The Morgan fingerprint density at radius 3 is 2.11 bits per heavy atom. The number of methoxy groups -OCH3 is 2. The summed E-state index contributed by atoms with van der Waals surface area (Å²) in [7, 11) is 4.20. The van der Waals surface area contributed by atoms with Gasteiger partial charge in [0.2, 0.25) is 5.82 Å². The number of alkyl halides is 5. The summed E-state index contributed by atoms with van der Waals surface area (Å²) < 4.78 is 132. The van der Waals surface area contributed by atoms with Gasteiger partial charge < -0.3 is 23.9 Å². The van der Waals surface area contributed by atoms with Crippen LogP contribution in [0, 0.1) is 29.1 Å². The molecule has 2 amide bonds. The first-order chi connectivity index (χ1) is 29.5. The zero-order valence-corrected chi connectivity index (χ0v) is 33.6. The average molecular weight is 934 g/mol. The molecular formula is C38H26Cl2F8N6O9. The molecule has 2 fully saturated rings. The van der Waals surface area contributed by atoms with Gasteiger partial charge in [-0.3, -0.25) is 14.4 Å². The summed E-state index contributed by atoms with van der Waals surface area (Å²) in [5.74, 6) is -20.6. The van der Waals surface area contributed by atoms with Crippen LogP contribution in [0.4, 0.5) is 40.8 Å². The first kappa shape index (κ1) is 43.3. The van der Waals surface area contributed by atoms with Crippen molar-refractivity contribution in [3.63, 3.8) is 0 Å². The van der Waals surface area contributed by atoms with Gasteiger partial charge in [0.1, 0.15) is 22.9 Å². The van der Waals surface area contributed by atoms with E-state index in [-0.39, 0.29) is 29.0 Å². The largest absolute Gasteiger partial charge is 0.573 e. The predicted molar refractivity (Wildman–Crippen MR) is 202 cm³/mol. The van der Waals surface area contributed by atoms with Crippen LogP contribution >= 0.6 is 23.2 Å². The molecule has 0 bridgehead atoms. The summed E-state index contributed by atoms with van der Waals surface area (Å²) in [6.45, 7) is -1.07. The number of allylic oxidation sites excluding steroid dienone is 2. The molecule has 15 nitrogen and oxygen atoms in total. The fourth-order valence-corrected chi connectivity index (χ4v) is 9.37. The Kier molecular flexibility index (Phi) is 10.0. The van der Waals surface area contributed by atoms with Crippen molar-refractivity contribution in [2.45, 2.75) is 54.0 Å². The smallest absolute Gasteiger partial charge is 0.508 e. The molecular weight excluding hydrogens is 907 g/mol. The molecule has 1 saturated heterocycles. The molecule has 8 rings (SSSR count). The molecule has 3 aromatic carbocycles. The zero-order valence-electron chi connectivity index (χ0n) is 32.1. The average Bonchev–Trinajstić information content (AvgIpc) is 3.56. The summed E-state index contributed by atoms with van der Waals surface area (Å²) in [6.07, 6.45) is -5.56. The number of carbonyl (C=O) groups is 2. The lowest BCUT2D eigenvalue weighted by Gasteiger charge is -2.49. The molecule has 0 spiro atoms. The number of ether oxygens (including phenoxy) is 3. The number of rotatable bonds is 8. The Morgan fingerprint density at radius 1 is 0.873 bits per heavy atom. The van der Waals surface area contributed by atoms with Gasteiger partial charge in [0.05, 0.1) is 37.8 Å². The molecule has 5 aromatic rings. The van der Waals surface area contributed by atoms with E-state index in [4.69, 9.17) is 32.7 Å². The van der Waals surface area contributed by atoms with Gasteiger partial charge in [0.25, 0.3) is 17.4 Å². The number of amides is 2. The number of aryl methyl sites for hydroxylation is 2. The van der Waals surface area contributed by atoms with E-state index in [1.807, 2.05) is 0 Å². The number of imide groups is 1. The maximum atomic E-state index is 15.4. The number of aromatic hydroxyl groups is 1. The van der Waals surface area contributed by atoms with E-state index in [2.05, 4.69) is 9.72 Å². The molecule has 1 N–H and O–H groups in total. The Balaban J connectivity index is 1.28. The Bertz CT molecular complexity index is 3050. The first-order valence-electron chi connectivity index (χ1n) is 18.1. The van der Waals surface area contributed by atoms with Gasteiger partial charge >= 0.3 is 17.7 Å². The van der Waals surface area contributed by atoms with Crippen molar-refractivity contribution in [1.29, 1.82) is 0 Å². The third-order valence-corrected chi connectivity index (χ3v) is 12.7. The van der Waals surface area contributed by atoms with Crippen LogP contribution < -0.4 is 36.0 Å². The standard InChI is InChI=1S/C38H26Cl2F8N6O9/c1-50-19-12-23(62-3)22(61-2)11-18(19)49-17(31(50)56)7-8-51-34(59)52-9-6-15-20(54(52)35(51)60)13-36(39)32(57)53(30-28(44)26(42)25(41)27(43)29(30)45)33(58)37(36,40)24(15)16-10-14(4-5-21(16)55)63-38(46,47)48/h4-6,10-12,20,24,55H,7-9,13H2,1-3H3/t20-,24-,36-,37+/m1/s1. The van der Waals surface area contributed by atoms with Gasteiger partial charge in [-0.1, -0.05) is 6.08 Å². The van der Waals surface area contributed by atoms with E-state index in [0.29, 0.717) is 34.0 Å². The van der Waals surface area contributed by atoms with Crippen molar-refractivity contribution in [3.8, 4) is 23.0 Å². The Labute approximate surface area is 355 Å². The van der Waals surface area contributed by atoms with Gasteiger partial charge in [-0.2, -0.15) is 0 Å². The van der Waals surface area contributed by atoms with Crippen molar-refractivity contribution in [1.82, 2.24) is 23.5 Å². The number of hydrogen-bond acceptors (Lipinski definition) is 10. The number of hydrogen-bond donors (Lipinski definition) is 1. The van der Waals surface area contributed by atoms with Crippen molar-refractivity contribution >= 4 is 51.7 Å². The van der Waals surface area contributed by atoms with Crippen LogP contribution in [0.2, 0.25) is 0 Å². The third-order valence-electron chi connectivity index (χ3n) is 11.3. The minimum atomic E-state index is -5.34. The van der Waals surface area contributed by atoms with E-state index in [9.17, 15) is 55.4 Å². The maximum absolute atomic E-state index is 15.4. The number of aromatic nitrogens is 5. The lowest BCUT2D eigenvalue weighted by Crippen LogP contribution is -2.59. The lowest BCUT2D eigenvalue weighted by molar-refractivity contribution is -0.274. The second-order valence-electron chi connectivity index (χ2n) is 14.5. The maximum Gasteiger partial charge on any atom is 0.573 e. The first-order valence-corrected chi connectivity index (χ1v) is 18.9. The summed E-state index contributed by atoms with van der Waals surface area (Å²) in [5.41, 5.74) is -5.39. The molecule has 2 aromatic heterocycles. The van der Waals surface area contributed by atoms with Crippen LogP contribution in [0.15, 0.2) is 56.4 Å². The van der Waals surface area contributed by atoms with Crippen molar-refractivity contribution in [3.05, 3.63) is 114 Å². The van der Waals surface area contributed by atoms with Crippen LogP contribution in [0.3, 0.4) is 0 Å². The molecule has 1 saturated carbocycles. The summed E-state index contributed by atoms with van der Waals surface area (Å²) in [4.78, 5) is 68.2. The van der Waals surface area contributed by atoms with E-state index in [1.54, 1.807) is 0 Å². The second-order valence-corrected chi connectivity index (χ2v) is 15.8. The van der Waals surface area contributed by atoms with Crippen LogP contribution in [0.1, 0.15) is 29.6 Å². The highest BCUT2D eigenvalue weighted by atomic mass is 35.5. The highest BCUT2D eigenvalue weighted by molar-refractivity contribution is 6.58. The number of benzene rings is 3. The van der Waals surface area contributed by atoms with Crippen LogP contribution in [0.25, 0.3) is 11.0 Å². The van der Waals surface area contributed by atoms with E-state index in [1.165, 1.54) is 44.0 Å². The number of nitrogens with zero attached hydrogens (tertiary/aromatic N) is 6.